The van der Waals surface area contributed by atoms with Crippen molar-refractivity contribution >= 4 is 11.5 Å². The maximum Gasteiger partial charge on any atom is 0.258 e. The molecule has 1 amide bonds. The standard InChI is InChI=1S/C27H33N3O3/c1-17(18-9-5-3-6-10-18)28-26(32)25-22(16-31)21-15-30-23(24(21)29(25)2)14-13-20(27(30)33)19-11-7-4-8-12-19/h3,5-6,9-11,13-14,17,21-22,24-25,31H,4,7-8,12,15-16H2,1-2H3,(H,28,32)/t17-,21+,22+,24-,25+/m1/s1. The number of carbonyl (C=O) groups excluding carboxylic acids is 1. The van der Waals surface area contributed by atoms with Crippen LogP contribution in [0.25, 0.3) is 5.57 Å². The zero-order valence-corrected chi connectivity index (χ0v) is 19.4. The average Bonchev–Trinajstić information content (AvgIpc) is 3.35. The van der Waals surface area contributed by atoms with E-state index < -0.39 is 6.04 Å². The third-order valence-electron chi connectivity index (χ3n) is 7.92. The van der Waals surface area contributed by atoms with Crippen LogP contribution in [0.5, 0.6) is 0 Å². The van der Waals surface area contributed by atoms with E-state index in [1.807, 2.05) is 54.9 Å². The van der Waals surface area contributed by atoms with Crippen LogP contribution in [0.4, 0.5) is 0 Å². The van der Waals surface area contributed by atoms with Crippen LogP contribution in [0.1, 0.15) is 61.5 Å². The molecule has 2 N–H and O–H groups in total. The summed E-state index contributed by atoms with van der Waals surface area (Å²) in [5.74, 6) is -0.258. The number of hydrogen-bond acceptors (Lipinski definition) is 4. The molecule has 174 valence electrons. The minimum absolute atomic E-state index is 0.0334. The lowest BCUT2D eigenvalue weighted by Crippen LogP contribution is -2.47. The summed E-state index contributed by atoms with van der Waals surface area (Å²) >= 11 is 0. The molecule has 5 rings (SSSR count). The molecular formula is C27H33N3O3. The molecule has 1 aromatic heterocycles. The van der Waals surface area contributed by atoms with Crippen molar-refractivity contribution in [1.82, 2.24) is 14.8 Å². The Morgan fingerprint density at radius 3 is 2.67 bits per heavy atom. The van der Waals surface area contributed by atoms with Gasteiger partial charge in [-0.1, -0.05) is 36.4 Å². The zero-order chi connectivity index (χ0) is 23.1. The van der Waals surface area contributed by atoms with Gasteiger partial charge < -0.3 is 15.0 Å². The number of aliphatic hydroxyl groups excluding tert-OH is 1. The highest BCUT2D eigenvalue weighted by Gasteiger charge is 2.54. The van der Waals surface area contributed by atoms with E-state index >= 15 is 0 Å². The Balaban J connectivity index is 1.41. The van der Waals surface area contributed by atoms with Gasteiger partial charge in [0, 0.05) is 36.2 Å². The molecule has 3 aliphatic rings. The molecular weight excluding hydrogens is 414 g/mol. The molecule has 2 aliphatic heterocycles. The molecule has 5 atom stereocenters. The van der Waals surface area contributed by atoms with Crippen molar-refractivity contribution in [3.8, 4) is 0 Å². The number of likely N-dealkylation sites (N-methyl/N-ethyl adjacent to an activating group) is 1. The van der Waals surface area contributed by atoms with Gasteiger partial charge in [-0.3, -0.25) is 14.5 Å². The van der Waals surface area contributed by atoms with Gasteiger partial charge in [-0.15, -0.1) is 0 Å². The maximum absolute atomic E-state index is 13.4. The van der Waals surface area contributed by atoms with Gasteiger partial charge in [0.2, 0.25) is 5.91 Å². The Morgan fingerprint density at radius 2 is 1.97 bits per heavy atom. The summed E-state index contributed by atoms with van der Waals surface area (Å²) in [7, 11) is 1.95. The lowest BCUT2D eigenvalue weighted by atomic mass is 9.88. The topological polar surface area (TPSA) is 74.6 Å². The van der Waals surface area contributed by atoms with Crippen LogP contribution in [0, 0.1) is 11.8 Å². The minimum atomic E-state index is -0.430. The average molecular weight is 448 g/mol. The Kier molecular flexibility index (Phi) is 5.97. The normalized spacial score (nSPS) is 27.5. The van der Waals surface area contributed by atoms with Gasteiger partial charge >= 0.3 is 0 Å². The van der Waals surface area contributed by atoms with E-state index in [2.05, 4.69) is 22.4 Å². The second kappa shape index (κ2) is 8.92. The summed E-state index contributed by atoms with van der Waals surface area (Å²) in [6, 6.07) is 13.3. The number of rotatable bonds is 5. The molecule has 33 heavy (non-hydrogen) atoms. The summed E-state index contributed by atoms with van der Waals surface area (Å²) in [4.78, 5) is 28.8. The fourth-order valence-electron chi connectivity index (χ4n) is 6.22. The molecule has 0 radical (unpaired) electrons. The first-order valence-corrected chi connectivity index (χ1v) is 12.1. The summed E-state index contributed by atoms with van der Waals surface area (Å²) < 4.78 is 1.89. The van der Waals surface area contributed by atoms with Gasteiger partial charge in [0.25, 0.3) is 5.56 Å². The highest BCUT2D eigenvalue weighted by atomic mass is 16.3. The number of benzene rings is 1. The Labute approximate surface area is 194 Å². The number of fused-ring (bicyclic) bond motifs is 3. The molecule has 6 heteroatoms. The van der Waals surface area contributed by atoms with E-state index in [1.165, 1.54) is 6.42 Å². The number of carbonyl (C=O) groups is 1. The van der Waals surface area contributed by atoms with Gasteiger partial charge in [-0.05, 0) is 62.9 Å². The van der Waals surface area contributed by atoms with Gasteiger partial charge in [-0.2, -0.15) is 0 Å². The van der Waals surface area contributed by atoms with E-state index in [1.54, 1.807) is 0 Å². The van der Waals surface area contributed by atoms with Crippen molar-refractivity contribution < 1.29 is 9.90 Å². The van der Waals surface area contributed by atoms with Crippen molar-refractivity contribution in [3.05, 3.63) is 75.7 Å². The molecule has 1 saturated heterocycles. The Hall–Kier alpha value is -2.70. The van der Waals surface area contributed by atoms with Gasteiger partial charge in [0.15, 0.2) is 0 Å². The Morgan fingerprint density at radius 1 is 1.18 bits per heavy atom. The SMILES string of the molecule is C[C@@H](NC(=O)[C@@H]1[C@@H](CO)[C@@H]2Cn3c(ccc(C4=CCCCC4)c3=O)[C@@H]2N1C)c1ccccc1. The largest absolute Gasteiger partial charge is 0.396 e. The van der Waals surface area contributed by atoms with Crippen molar-refractivity contribution in [2.24, 2.45) is 11.8 Å². The summed E-state index contributed by atoms with van der Waals surface area (Å²) in [5, 5.41) is 13.4. The summed E-state index contributed by atoms with van der Waals surface area (Å²) in [6.07, 6.45) is 6.53. The van der Waals surface area contributed by atoms with E-state index in [0.29, 0.717) is 6.54 Å². The number of likely N-dealkylation sites (tertiary alicyclic amines) is 1. The smallest absolute Gasteiger partial charge is 0.258 e. The molecule has 1 aromatic carbocycles. The van der Waals surface area contributed by atoms with Crippen molar-refractivity contribution in [2.45, 2.75) is 57.3 Å². The molecule has 3 heterocycles. The molecule has 6 nitrogen and oxygen atoms in total. The fraction of sp³-hybridized carbons (Fsp3) is 0.481. The number of nitrogens with zero attached hydrogens (tertiary/aromatic N) is 2. The number of nitrogens with one attached hydrogen (secondary N) is 1. The highest BCUT2D eigenvalue weighted by molar-refractivity contribution is 5.83. The molecule has 1 fully saturated rings. The van der Waals surface area contributed by atoms with E-state index in [0.717, 1.165) is 41.7 Å². The summed E-state index contributed by atoms with van der Waals surface area (Å²) in [6.45, 7) is 2.45. The quantitative estimate of drug-likeness (QED) is 0.738. The first kappa shape index (κ1) is 22.1. The van der Waals surface area contributed by atoms with Crippen LogP contribution >= 0.6 is 0 Å². The number of allylic oxidation sites excluding steroid dienone is 2. The van der Waals surface area contributed by atoms with Crippen LogP contribution in [0.3, 0.4) is 0 Å². The lowest BCUT2D eigenvalue weighted by molar-refractivity contribution is -0.127. The molecule has 0 unspecified atom stereocenters. The minimum Gasteiger partial charge on any atom is -0.396 e. The zero-order valence-electron chi connectivity index (χ0n) is 19.4. The van der Waals surface area contributed by atoms with Crippen molar-refractivity contribution in [1.29, 1.82) is 0 Å². The first-order chi connectivity index (χ1) is 16.0. The number of amides is 1. The van der Waals surface area contributed by atoms with Gasteiger partial charge in [-0.25, -0.2) is 0 Å². The van der Waals surface area contributed by atoms with Crippen molar-refractivity contribution in [3.63, 3.8) is 0 Å². The first-order valence-electron chi connectivity index (χ1n) is 12.1. The summed E-state index contributed by atoms with van der Waals surface area (Å²) in [5.41, 5.74) is 4.05. The third-order valence-corrected chi connectivity index (χ3v) is 7.92. The Bertz CT molecular complexity index is 1120. The van der Waals surface area contributed by atoms with Crippen LogP contribution < -0.4 is 10.9 Å². The van der Waals surface area contributed by atoms with Gasteiger partial charge in [0.1, 0.15) is 0 Å². The second-order valence-corrected chi connectivity index (χ2v) is 9.77. The van der Waals surface area contributed by atoms with Crippen LogP contribution in [-0.4, -0.2) is 40.2 Å². The molecule has 0 bridgehead atoms. The van der Waals surface area contributed by atoms with Gasteiger partial charge in [0.05, 0.1) is 18.1 Å². The second-order valence-electron chi connectivity index (χ2n) is 9.77. The highest BCUT2D eigenvalue weighted by Crippen LogP contribution is 2.48. The van der Waals surface area contributed by atoms with Crippen LogP contribution in [0.2, 0.25) is 0 Å². The fourth-order valence-corrected chi connectivity index (χ4v) is 6.22. The third kappa shape index (κ3) is 3.75. The van der Waals surface area contributed by atoms with E-state index in [9.17, 15) is 14.7 Å². The molecule has 0 saturated carbocycles. The predicted octanol–water partition coefficient (Wildman–Crippen LogP) is 3.28. The van der Waals surface area contributed by atoms with E-state index in [-0.39, 0.29) is 42.0 Å². The monoisotopic (exact) mass is 447 g/mol. The number of aliphatic hydroxyl groups is 1. The predicted molar refractivity (Wildman–Crippen MR) is 129 cm³/mol. The van der Waals surface area contributed by atoms with E-state index in [4.69, 9.17) is 0 Å². The van der Waals surface area contributed by atoms with Crippen LogP contribution in [-0.2, 0) is 11.3 Å². The number of pyridine rings is 1. The van der Waals surface area contributed by atoms with Crippen molar-refractivity contribution in [2.75, 3.05) is 13.7 Å². The molecule has 1 aliphatic carbocycles. The lowest BCUT2D eigenvalue weighted by Gasteiger charge is -2.28. The number of aromatic nitrogens is 1. The van der Waals surface area contributed by atoms with Crippen LogP contribution in [0.15, 0.2) is 53.3 Å². The number of hydrogen-bond donors (Lipinski definition) is 2. The maximum atomic E-state index is 13.4. The molecule has 2 aromatic rings. The molecule has 0 spiro atoms.